The summed E-state index contributed by atoms with van der Waals surface area (Å²) in [6.07, 6.45) is 4.56. The molecule has 0 N–H and O–H groups in total. The molecule has 5 heteroatoms. The van der Waals surface area contributed by atoms with Gasteiger partial charge < -0.3 is 9.14 Å². The highest BCUT2D eigenvalue weighted by molar-refractivity contribution is 6.04. The zero-order chi connectivity index (χ0) is 18.1. The molecule has 130 valence electrons. The van der Waals surface area contributed by atoms with Crippen LogP contribution in [0.3, 0.4) is 0 Å². The number of para-hydroxylation sites is 1. The molecule has 0 radical (unpaired) electrons. The Labute approximate surface area is 151 Å². The average Bonchev–Trinajstić information content (AvgIpc) is 3.08. The van der Waals surface area contributed by atoms with Gasteiger partial charge in [0.25, 0.3) is 0 Å². The molecule has 26 heavy (non-hydrogen) atoms. The fraction of sp³-hybridized carbons (Fsp3) is 0.190. The van der Waals surface area contributed by atoms with Crippen LogP contribution in [0.25, 0.3) is 16.6 Å². The number of hydrogen-bond donors (Lipinski definition) is 0. The van der Waals surface area contributed by atoms with Gasteiger partial charge in [-0.1, -0.05) is 31.2 Å². The summed E-state index contributed by atoms with van der Waals surface area (Å²) in [4.78, 5) is 22.0. The molecule has 0 amide bonds. The van der Waals surface area contributed by atoms with Gasteiger partial charge in [0, 0.05) is 23.5 Å². The molecule has 0 saturated carbocycles. The number of hydrogen-bond acceptors (Lipinski definition) is 4. The molecule has 0 spiro atoms. The second-order valence-electron chi connectivity index (χ2n) is 6.20. The van der Waals surface area contributed by atoms with Crippen LogP contribution in [-0.2, 0) is 17.8 Å². The van der Waals surface area contributed by atoms with Crippen LogP contribution >= 0.6 is 0 Å². The highest BCUT2D eigenvalue weighted by Gasteiger charge is 2.19. The molecule has 5 nitrogen and oxygen atoms in total. The van der Waals surface area contributed by atoms with Crippen molar-refractivity contribution in [3.63, 3.8) is 0 Å². The maximum atomic E-state index is 12.9. The third-order valence-electron chi connectivity index (χ3n) is 4.54. The van der Waals surface area contributed by atoms with Crippen molar-refractivity contribution in [2.45, 2.75) is 26.9 Å². The Morgan fingerprint density at radius 1 is 1.12 bits per heavy atom. The van der Waals surface area contributed by atoms with Gasteiger partial charge in [-0.3, -0.25) is 4.98 Å². The quantitative estimate of drug-likeness (QED) is 0.522. The summed E-state index contributed by atoms with van der Waals surface area (Å²) < 4.78 is 7.50. The third kappa shape index (κ3) is 2.81. The zero-order valence-electron chi connectivity index (χ0n) is 14.8. The molecule has 1 aromatic carbocycles. The molecule has 0 aliphatic heterocycles. The highest BCUT2D eigenvalue weighted by atomic mass is 16.5. The van der Waals surface area contributed by atoms with Crippen LogP contribution in [-0.4, -0.2) is 20.3 Å². The molecular weight excluding hydrogens is 326 g/mol. The van der Waals surface area contributed by atoms with Crippen molar-refractivity contribution >= 4 is 22.5 Å². The number of aryl methyl sites for hydroxylation is 1. The minimum Gasteiger partial charge on any atom is -0.455 e. The number of ether oxygens (including phenoxy) is 1. The number of imidazole rings is 1. The molecular formula is C21H19N3O2. The standard InChI is InChI=1S/C21H19N3O2/c1-3-17-14(2)20(16-8-4-5-9-18(16)23-17)21(25)26-13-15-12-24-11-7-6-10-19(24)22-15/h4-12H,3,13H2,1-2H3. The van der Waals surface area contributed by atoms with Crippen molar-refractivity contribution < 1.29 is 9.53 Å². The third-order valence-corrected chi connectivity index (χ3v) is 4.54. The first kappa shape index (κ1) is 16.3. The van der Waals surface area contributed by atoms with Gasteiger partial charge in [0.05, 0.1) is 16.8 Å². The van der Waals surface area contributed by atoms with Crippen LogP contribution in [0.15, 0.2) is 54.9 Å². The van der Waals surface area contributed by atoms with Gasteiger partial charge in [-0.15, -0.1) is 0 Å². The molecule has 4 aromatic rings. The molecule has 0 aliphatic carbocycles. The van der Waals surface area contributed by atoms with Gasteiger partial charge in [-0.2, -0.15) is 0 Å². The Bertz CT molecular complexity index is 1080. The van der Waals surface area contributed by atoms with E-state index in [9.17, 15) is 4.79 Å². The van der Waals surface area contributed by atoms with Gasteiger partial charge in [0.1, 0.15) is 12.3 Å². The van der Waals surface area contributed by atoms with Gasteiger partial charge in [0.15, 0.2) is 0 Å². The van der Waals surface area contributed by atoms with E-state index in [0.29, 0.717) is 5.56 Å². The number of carbonyl (C=O) groups excluding carboxylic acids is 1. The first-order chi connectivity index (χ1) is 12.7. The lowest BCUT2D eigenvalue weighted by molar-refractivity contribution is 0.0469. The monoisotopic (exact) mass is 345 g/mol. The van der Waals surface area contributed by atoms with Gasteiger partial charge in [0.2, 0.25) is 0 Å². The number of nitrogens with zero attached hydrogens (tertiary/aromatic N) is 3. The van der Waals surface area contributed by atoms with E-state index in [4.69, 9.17) is 4.74 Å². The summed E-state index contributed by atoms with van der Waals surface area (Å²) in [5.74, 6) is -0.340. The number of fused-ring (bicyclic) bond motifs is 2. The predicted molar refractivity (Wildman–Crippen MR) is 100 cm³/mol. The molecule has 0 atom stereocenters. The maximum absolute atomic E-state index is 12.9. The number of esters is 1. The smallest absolute Gasteiger partial charge is 0.339 e. The van der Waals surface area contributed by atoms with E-state index in [2.05, 4.69) is 9.97 Å². The summed E-state index contributed by atoms with van der Waals surface area (Å²) in [6.45, 7) is 4.10. The van der Waals surface area contributed by atoms with E-state index in [1.165, 1.54) is 0 Å². The lowest BCUT2D eigenvalue weighted by Gasteiger charge is -2.12. The molecule has 4 rings (SSSR count). The number of carbonyl (C=O) groups is 1. The van der Waals surface area contributed by atoms with Gasteiger partial charge in [-0.25, -0.2) is 9.78 Å². The molecule has 0 bridgehead atoms. The Morgan fingerprint density at radius 2 is 1.92 bits per heavy atom. The second-order valence-corrected chi connectivity index (χ2v) is 6.20. The zero-order valence-corrected chi connectivity index (χ0v) is 14.8. The number of pyridine rings is 2. The first-order valence-corrected chi connectivity index (χ1v) is 8.65. The van der Waals surface area contributed by atoms with E-state index < -0.39 is 0 Å². The Hall–Kier alpha value is -3.21. The lowest BCUT2D eigenvalue weighted by Crippen LogP contribution is -2.11. The molecule has 3 heterocycles. The predicted octanol–water partition coefficient (Wildman–Crippen LogP) is 4.11. The molecule has 0 saturated heterocycles. The molecule has 0 fully saturated rings. The Morgan fingerprint density at radius 3 is 2.73 bits per heavy atom. The van der Waals surface area contributed by atoms with E-state index in [1.807, 2.05) is 73.1 Å². The molecule has 0 unspecified atom stereocenters. The van der Waals surface area contributed by atoms with Crippen molar-refractivity contribution in [2.24, 2.45) is 0 Å². The van der Waals surface area contributed by atoms with Crippen molar-refractivity contribution in [3.05, 3.63) is 77.4 Å². The van der Waals surface area contributed by atoms with Gasteiger partial charge >= 0.3 is 5.97 Å². The average molecular weight is 345 g/mol. The number of benzene rings is 1. The molecule has 3 aromatic heterocycles. The summed E-state index contributed by atoms with van der Waals surface area (Å²) in [5, 5.41) is 0.821. The lowest BCUT2D eigenvalue weighted by atomic mass is 10.0. The van der Waals surface area contributed by atoms with E-state index in [0.717, 1.165) is 39.9 Å². The highest BCUT2D eigenvalue weighted by Crippen LogP contribution is 2.24. The fourth-order valence-electron chi connectivity index (χ4n) is 3.23. The van der Waals surface area contributed by atoms with Crippen molar-refractivity contribution in [1.29, 1.82) is 0 Å². The number of rotatable bonds is 4. The first-order valence-electron chi connectivity index (χ1n) is 8.65. The van der Waals surface area contributed by atoms with E-state index in [-0.39, 0.29) is 12.6 Å². The normalized spacial score (nSPS) is 11.2. The van der Waals surface area contributed by atoms with Gasteiger partial charge in [-0.05, 0) is 37.1 Å². The minimum atomic E-state index is -0.340. The summed E-state index contributed by atoms with van der Waals surface area (Å²) in [6, 6.07) is 13.5. The van der Waals surface area contributed by atoms with E-state index in [1.54, 1.807) is 0 Å². The number of aromatic nitrogens is 3. The largest absolute Gasteiger partial charge is 0.455 e. The Balaban J connectivity index is 1.66. The van der Waals surface area contributed by atoms with Crippen LogP contribution in [0.2, 0.25) is 0 Å². The van der Waals surface area contributed by atoms with Crippen molar-refractivity contribution in [3.8, 4) is 0 Å². The van der Waals surface area contributed by atoms with Crippen LogP contribution in [0.5, 0.6) is 0 Å². The Kier molecular flexibility index (Phi) is 4.13. The summed E-state index contributed by atoms with van der Waals surface area (Å²) in [5.41, 5.74) is 4.76. The summed E-state index contributed by atoms with van der Waals surface area (Å²) >= 11 is 0. The van der Waals surface area contributed by atoms with Crippen LogP contribution in [0.1, 0.15) is 34.2 Å². The van der Waals surface area contributed by atoms with Crippen molar-refractivity contribution in [2.75, 3.05) is 0 Å². The second kappa shape index (κ2) is 6.59. The molecule has 0 aliphatic rings. The van der Waals surface area contributed by atoms with Crippen LogP contribution < -0.4 is 0 Å². The topological polar surface area (TPSA) is 56.5 Å². The van der Waals surface area contributed by atoms with Crippen LogP contribution in [0.4, 0.5) is 0 Å². The maximum Gasteiger partial charge on any atom is 0.339 e. The fourth-order valence-corrected chi connectivity index (χ4v) is 3.23. The van der Waals surface area contributed by atoms with Crippen molar-refractivity contribution in [1.82, 2.24) is 14.4 Å². The SMILES string of the molecule is CCc1nc2ccccc2c(C(=O)OCc2cn3ccccc3n2)c1C. The minimum absolute atomic E-state index is 0.137. The van der Waals surface area contributed by atoms with Crippen LogP contribution in [0, 0.1) is 6.92 Å². The van der Waals surface area contributed by atoms with E-state index >= 15 is 0 Å². The summed E-state index contributed by atoms with van der Waals surface area (Å²) in [7, 11) is 0.